The standard InChI is InChI=1S/C19H18F2N4O2/c1-27-18-11(8-12(20)9-14(18)21)6-2-4-10-5-3-7-13-15(22)17(19(23)26)25-24-16(10)13/h3,5,7-9H,2,4,6H2,1H3,(H2,22,24)(H2,23,26). The Kier molecular flexibility index (Phi) is 5.16. The molecule has 0 atom stereocenters. The summed E-state index contributed by atoms with van der Waals surface area (Å²) in [6.07, 6.45) is 1.58. The molecule has 0 fully saturated rings. The monoisotopic (exact) mass is 372 g/mol. The summed E-state index contributed by atoms with van der Waals surface area (Å²) in [5.41, 5.74) is 13.2. The molecule has 0 aliphatic rings. The number of benzene rings is 2. The van der Waals surface area contributed by atoms with Crippen molar-refractivity contribution in [3.8, 4) is 5.75 Å². The van der Waals surface area contributed by atoms with Crippen LogP contribution in [-0.4, -0.2) is 23.2 Å². The van der Waals surface area contributed by atoms with E-state index < -0.39 is 17.5 Å². The van der Waals surface area contributed by atoms with Gasteiger partial charge in [0.25, 0.3) is 5.91 Å². The molecule has 1 heterocycles. The van der Waals surface area contributed by atoms with E-state index in [4.69, 9.17) is 16.2 Å². The van der Waals surface area contributed by atoms with Crippen molar-refractivity contribution >= 4 is 22.5 Å². The van der Waals surface area contributed by atoms with Crippen LogP contribution in [0.4, 0.5) is 14.5 Å². The maximum Gasteiger partial charge on any atom is 0.271 e. The molecule has 1 aromatic heterocycles. The Morgan fingerprint density at radius 2 is 1.89 bits per heavy atom. The smallest absolute Gasteiger partial charge is 0.271 e. The lowest BCUT2D eigenvalue weighted by Crippen LogP contribution is -2.17. The Morgan fingerprint density at radius 3 is 2.59 bits per heavy atom. The number of carbonyl (C=O) groups is 1. The summed E-state index contributed by atoms with van der Waals surface area (Å²) in [5, 5.41) is 8.48. The molecule has 0 saturated heterocycles. The number of fused-ring (bicyclic) bond motifs is 1. The van der Waals surface area contributed by atoms with Crippen LogP contribution >= 0.6 is 0 Å². The maximum atomic E-state index is 13.8. The van der Waals surface area contributed by atoms with Crippen molar-refractivity contribution in [3.63, 3.8) is 0 Å². The summed E-state index contributed by atoms with van der Waals surface area (Å²) < 4.78 is 32.3. The van der Waals surface area contributed by atoms with Gasteiger partial charge in [-0.15, -0.1) is 10.2 Å². The molecule has 3 aromatic rings. The summed E-state index contributed by atoms with van der Waals surface area (Å²) in [4.78, 5) is 11.4. The molecule has 140 valence electrons. The number of amides is 1. The van der Waals surface area contributed by atoms with E-state index in [2.05, 4.69) is 10.2 Å². The number of nitrogen functional groups attached to an aromatic ring is 1. The summed E-state index contributed by atoms with van der Waals surface area (Å²) in [7, 11) is 1.35. The zero-order chi connectivity index (χ0) is 19.6. The van der Waals surface area contributed by atoms with Crippen LogP contribution in [0.5, 0.6) is 5.75 Å². The molecule has 0 saturated carbocycles. The van der Waals surface area contributed by atoms with Crippen molar-refractivity contribution < 1.29 is 18.3 Å². The maximum absolute atomic E-state index is 13.8. The number of primary amides is 1. The van der Waals surface area contributed by atoms with Crippen molar-refractivity contribution in [2.45, 2.75) is 19.3 Å². The minimum absolute atomic E-state index is 0.0458. The fourth-order valence-corrected chi connectivity index (χ4v) is 3.09. The average Bonchev–Trinajstić information content (AvgIpc) is 2.62. The van der Waals surface area contributed by atoms with Crippen LogP contribution in [0.1, 0.15) is 28.0 Å². The summed E-state index contributed by atoms with van der Waals surface area (Å²) >= 11 is 0. The van der Waals surface area contributed by atoms with E-state index in [1.54, 1.807) is 12.1 Å². The third-order valence-electron chi connectivity index (χ3n) is 4.33. The zero-order valence-electron chi connectivity index (χ0n) is 14.6. The molecular weight excluding hydrogens is 354 g/mol. The van der Waals surface area contributed by atoms with Gasteiger partial charge < -0.3 is 16.2 Å². The number of hydrogen-bond acceptors (Lipinski definition) is 5. The Morgan fingerprint density at radius 1 is 1.15 bits per heavy atom. The number of aromatic nitrogens is 2. The molecule has 27 heavy (non-hydrogen) atoms. The second-order valence-electron chi connectivity index (χ2n) is 6.07. The van der Waals surface area contributed by atoms with Gasteiger partial charge in [0, 0.05) is 17.0 Å². The number of methoxy groups -OCH3 is 1. The summed E-state index contributed by atoms with van der Waals surface area (Å²) in [6.45, 7) is 0. The van der Waals surface area contributed by atoms with E-state index in [0.717, 1.165) is 11.6 Å². The molecule has 0 bridgehead atoms. The van der Waals surface area contributed by atoms with Crippen molar-refractivity contribution in [2.24, 2.45) is 5.73 Å². The molecule has 0 aliphatic carbocycles. The normalized spacial score (nSPS) is 10.9. The SMILES string of the molecule is COc1c(F)cc(F)cc1CCCc1cccc2c(N)c(C(N)=O)nnc12. The third kappa shape index (κ3) is 3.64. The van der Waals surface area contributed by atoms with Crippen LogP contribution in [0, 0.1) is 11.6 Å². The Balaban J connectivity index is 1.84. The Bertz CT molecular complexity index is 1020. The molecular formula is C19H18F2N4O2. The Labute approximate surface area is 154 Å². The topological polar surface area (TPSA) is 104 Å². The fraction of sp³-hybridized carbons (Fsp3) is 0.211. The number of ether oxygens (including phenoxy) is 1. The lowest BCUT2D eigenvalue weighted by molar-refractivity contribution is 0.0995. The molecule has 8 heteroatoms. The molecule has 4 N–H and O–H groups in total. The van der Waals surface area contributed by atoms with E-state index in [1.807, 2.05) is 6.07 Å². The van der Waals surface area contributed by atoms with Gasteiger partial charge in [-0.1, -0.05) is 18.2 Å². The van der Waals surface area contributed by atoms with Gasteiger partial charge in [-0.3, -0.25) is 4.79 Å². The van der Waals surface area contributed by atoms with Crippen LogP contribution in [0.15, 0.2) is 30.3 Å². The first-order chi connectivity index (χ1) is 12.9. The molecule has 1 amide bonds. The molecule has 0 unspecified atom stereocenters. The van der Waals surface area contributed by atoms with Crippen molar-refractivity contribution in [2.75, 3.05) is 12.8 Å². The predicted octanol–water partition coefficient (Wildman–Crippen LogP) is 2.77. The third-order valence-corrected chi connectivity index (χ3v) is 4.33. The lowest BCUT2D eigenvalue weighted by Gasteiger charge is -2.11. The highest BCUT2D eigenvalue weighted by molar-refractivity contribution is 6.04. The predicted molar refractivity (Wildman–Crippen MR) is 97.4 cm³/mol. The lowest BCUT2D eigenvalue weighted by atomic mass is 10.0. The van der Waals surface area contributed by atoms with Crippen LogP contribution < -0.4 is 16.2 Å². The first-order valence-corrected chi connectivity index (χ1v) is 8.27. The van der Waals surface area contributed by atoms with Gasteiger partial charge in [-0.2, -0.15) is 0 Å². The van der Waals surface area contributed by atoms with Gasteiger partial charge in [-0.05, 0) is 30.9 Å². The summed E-state index contributed by atoms with van der Waals surface area (Å²) in [6, 6.07) is 7.45. The summed E-state index contributed by atoms with van der Waals surface area (Å²) in [5.74, 6) is -2.07. The highest BCUT2D eigenvalue weighted by atomic mass is 19.1. The number of nitrogens with zero attached hydrogens (tertiary/aromatic N) is 2. The Hall–Kier alpha value is -3.29. The zero-order valence-corrected chi connectivity index (χ0v) is 14.6. The first-order valence-electron chi connectivity index (χ1n) is 8.27. The van der Waals surface area contributed by atoms with E-state index >= 15 is 0 Å². The molecule has 0 spiro atoms. The van der Waals surface area contributed by atoms with Gasteiger partial charge in [0.15, 0.2) is 17.3 Å². The number of hydrogen-bond donors (Lipinski definition) is 2. The highest BCUT2D eigenvalue weighted by Gasteiger charge is 2.15. The second-order valence-corrected chi connectivity index (χ2v) is 6.07. The van der Waals surface area contributed by atoms with Gasteiger partial charge in [0.1, 0.15) is 5.82 Å². The largest absolute Gasteiger partial charge is 0.493 e. The molecule has 0 radical (unpaired) electrons. The molecule has 6 nitrogen and oxygen atoms in total. The minimum Gasteiger partial charge on any atom is -0.493 e. The number of nitrogens with two attached hydrogens (primary N) is 2. The molecule has 0 aliphatic heterocycles. The van der Waals surface area contributed by atoms with Crippen molar-refractivity contribution in [3.05, 3.63) is 58.8 Å². The van der Waals surface area contributed by atoms with Gasteiger partial charge in [0.05, 0.1) is 18.3 Å². The van der Waals surface area contributed by atoms with Gasteiger partial charge in [-0.25, -0.2) is 8.78 Å². The second kappa shape index (κ2) is 7.53. The highest BCUT2D eigenvalue weighted by Crippen LogP contribution is 2.27. The number of halogens is 2. The van der Waals surface area contributed by atoms with Crippen LogP contribution in [0.2, 0.25) is 0 Å². The first kappa shape index (κ1) is 18.5. The number of aryl methyl sites for hydroxylation is 2. The van der Waals surface area contributed by atoms with E-state index in [0.29, 0.717) is 35.7 Å². The van der Waals surface area contributed by atoms with Gasteiger partial charge >= 0.3 is 0 Å². The van der Waals surface area contributed by atoms with Crippen molar-refractivity contribution in [1.82, 2.24) is 10.2 Å². The minimum atomic E-state index is -0.743. The number of carbonyl (C=O) groups excluding carboxylic acids is 1. The van der Waals surface area contributed by atoms with Gasteiger partial charge in [0.2, 0.25) is 0 Å². The average molecular weight is 372 g/mol. The quantitative estimate of drug-likeness (QED) is 0.692. The van der Waals surface area contributed by atoms with E-state index in [9.17, 15) is 13.6 Å². The fourth-order valence-electron chi connectivity index (χ4n) is 3.09. The number of anilines is 1. The number of rotatable bonds is 6. The molecule has 3 rings (SSSR count). The van der Waals surface area contributed by atoms with Crippen LogP contribution in [0.3, 0.4) is 0 Å². The van der Waals surface area contributed by atoms with E-state index in [1.165, 1.54) is 13.2 Å². The van der Waals surface area contributed by atoms with Crippen LogP contribution in [-0.2, 0) is 12.8 Å². The van der Waals surface area contributed by atoms with Crippen LogP contribution in [0.25, 0.3) is 10.9 Å². The van der Waals surface area contributed by atoms with Crippen molar-refractivity contribution in [1.29, 1.82) is 0 Å². The molecule has 2 aromatic carbocycles. The van der Waals surface area contributed by atoms with E-state index in [-0.39, 0.29) is 17.1 Å².